The Morgan fingerprint density at radius 1 is 1.12 bits per heavy atom. The minimum atomic E-state index is -0.00106. The van der Waals surface area contributed by atoms with Crippen LogP contribution in [-0.4, -0.2) is 17.5 Å². The summed E-state index contributed by atoms with van der Waals surface area (Å²) in [5, 5.41) is 8.41. The third kappa shape index (κ3) is 6.91. The molecule has 2 aromatic carbocycles. The Balaban J connectivity index is 1.97. The molecule has 0 aromatic heterocycles. The van der Waals surface area contributed by atoms with Gasteiger partial charge in [0.05, 0.1) is 5.69 Å². The molecule has 5 nitrogen and oxygen atoms in total. The van der Waals surface area contributed by atoms with Gasteiger partial charge in [0, 0.05) is 15.9 Å². The van der Waals surface area contributed by atoms with Crippen LogP contribution in [-0.2, 0) is 6.42 Å². The molecular formula is C18H17BrClN5. The largest absolute Gasteiger partial charge is 0.387 e. The van der Waals surface area contributed by atoms with Crippen LogP contribution in [0, 0.1) is 5.41 Å². The van der Waals surface area contributed by atoms with E-state index in [0.717, 1.165) is 10.0 Å². The van der Waals surface area contributed by atoms with Crippen LogP contribution in [0.15, 0.2) is 75.1 Å². The Kier molecular flexibility index (Phi) is 6.91. The minimum Gasteiger partial charge on any atom is -0.387 e. The SMILES string of the molecule is N=C(/C=C\C(N)=Nc1cccc(Cl)c1)N=C(N)Cc1ccc(Br)cc1. The monoisotopic (exact) mass is 417 g/mol. The second kappa shape index (κ2) is 9.15. The Bertz CT molecular complexity index is 841. The predicted octanol–water partition coefficient (Wildman–Crippen LogP) is 4.22. The molecule has 0 aliphatic rings. The molecule has 0 fully saturated rings. The molecule has 2 rings (SSSR count). The first kappa shape index (κ1) is 18.9. The van der Waals surface area contributed by atoms with Gasteiger partial charge in [-0.05, 0) is 48.0 Å². The van der Waals surface area contributed by atoms with Gasteiger partial charge >= 0.3 is 0 Å². The van der Waals surface area contributed by atoms with E-state index in [4.69, 9.17) is 28.5 Å². The summed E-state index contributed by atoms with van der Waals surface area (Å²) in [7, 11) is 0. The summed E-state index contributed by atoms with van der Waals surface area (Å²) < 4.78 is 0.997. The summed E-state index contributed by atoms with van der Waals surface area (Å²) in [6, 6.07) is 14.8. The van der Waals surface area contributed by atoms with Crippen LogP contribution in [0.25, 0.3) is 0 Å². The molecule has 0 radical (unpaired) electrons. The number of rotatable bonds is 5. The van der Waals surface area contributed by atoms with Gasteiger partial charge in [-0.25, -0.2) is 9.98 Å². The second-order valence-corrected chi connectivity index (χ2v) is 6.49. The van der Waals surface area contributed by atoms with Crippen molar-refractivity contribution in [3.05, 3.63) is 75.7 Å². The van der Waals surface area contributed by atoms with Gasteiger partial charge in [-0.15, -0.1) is 0 Å². The molecule has 0 saturated heterocycles. The molecule has 5 N–H and O–H groups in total. The Morgan fingerprint density at radius 3 is 2.52 bits per heavy atom. The van der Waals surface area contributed by atoms with Crippen molar-refractivity contribution in [3.63, 3.8) is 0 Å². The highest BCUT2D eigenvalue weighted by molar-refractivity contribution is 9.10. The molecule has 0 saturated carbocycles. The number of amidine groups is 3. The third-order valence-corrected chi connectivity index (χ3v) is 3.80. The van der Waals surface area contributed by atoms with E-state index in [1.54, 1.807) is 24.3 Å². The maximum Gasteiger partial charge on any atom is 0.146 e. The molecule has 0 unspecified atom stereocenters. The van der Waals surface area contributed by atoms with Crippen molar-refractivity contribution in [2.75, 3.05) is 0 Å². The number of hydrogen-bond donors (Lipinski definition) is 3. The van der Waals surface area contributed by atoms with Crippen molar-refractivity contribution < 1.29 is 0 Å². The fourth-order valence-electron chi connectivity index (χ4n) is 1.94. The predicted molar refractivity (Wildman–Crippen MR) is 109 cm³/mol. The molecule has 0 aliphatic carbocycles. The topological polar surface area (TPSA) is 101 Å². The zero-order valence-electron chi connectivity index (χ0n) is 13.3. The zero-order valence-corrected chi connectivity index (χ0v) is 15.6. The van der Waals surface area contributed by atoms with E-state index in [2.05, 4.69) is 25.9 Å². The quantitative estimate of drug-likeness (QED) is 0.500. The second-order valence-electron chi connectivity index (χ2n) is 5.14. The Labute approximate surface area is 159 Å². The van der Waals surface area contributed by atoms with E-state index in [9.17, 15) is 0 Å². The number of nitrogens with zero attached hydrogens (tertiary/aromatic N) is 2. The molecule has 0 amide bonds. The van der Waals surface area contributed by atoms with E-state index < -0.39 is 0 Å². The van der Waals surface area contributed by atoms with Gasteiger partial charge in [-0.1, -0.05) is 45.7 Å². The lowest BCUT2D eigenvalue weighted by Crippen LogP contribution is -2.16. The summed E-state index contributed by atoms with van der Waals surface area (Å²) in [6.07, 6.45) is 3.41. The Hall–Kier alpha value is -2.44. The van der Waals surface area contributed by atoms with E-state index >= 15 is 0 Å². The summed E-state index contributed by atoms with van der Waals surface area (Å²) in [5.74, 6) is 0.592. The summed E-state index contributed by atoms with van der Waals surface area (Å²) >= 11 is 9.27. The maximum absolute atomic E-state index is 7.83. The fraction of sp³-hybridized carbons (Fsp3) is 0.0556. The van der Waals surface area contributed by atoms with Crippen molar-refractivity contribution >= 4 is 50.7 Å². The highest BCUT2D eigenvalue weighted by Gasteiger charge is 1.99. The van der Waals surface area contributed by atoms with Gasteiger partial charge in [0.1, 0.15) is 17.5 Å². The molecular weight excluding hydrogens is 402 g/mol. The number of aliphatic imine (C=N–C) groups is 2. The van der Waals surface area contributed by atoms with Gasteiger partial charge in [0.2, 0.25) is 0 Å². The van der Waals surface area contributed by atoms with Crippen LogP contribution >= 0.6 is 27.5 Å². The molecule has 2 aromatic rings. The first-order valence-electron chi connectivity index (χ1n) is 7.36. The van der Waals surface area contributed by atoms with Crippen LogP contribution in [0.3, 0.4) is 0 Å². The van der Waals surface area contributed by atoms with Gasteiger partial charge in [0.15, 0.2) is 0 Å². The number of benzene rings is 2. The number of hydrogen-bond acceptors (Lipinski definition) is 2. The van der Waals surface area contributed by atoms with E-state index in [-0.39, 0.29) is 11.7 Å². The molecule has 128 valence electrons. The Morgan fingerprint density at radius 2 is 1.84 bits per heavy atom. The highest BCUT2D eigenvalue weighted by atomic mass is 79.9. The van der Waals surface area contributed by atoms with Crippen molar-refractivity contribution in [2.24, 2.45) is 21.5 Å². The summed E-state index contributed by atoms with van der Waals surface area (Å²) in [4.78, 5) is 8.22. The molecule has 7 heteroatoms. The van der Waals surface area contributed by atoms with Crippen LogP contribution in [0.1, 0.15) is 5.56 Å². The number of nitrogens with two attached hydrogens (primary N) is 2. The lowest BCUT2D eigenvalue weighted by molar-refractivity contribution is 1.27. The van der Waals surface area contributed by atoms with Crippen molar-refractivity contribution in [3.8, 4) is 0 Å². The minimum absolute atomic E-state index is 0.00106. The van der Waals surface area contributed by atoms with Crippen LogP contribution in [0.2, 0.25) is 5.02 Å². The van der Waals surface area contributed by atoms with Crippen molar-refractivity contribution in [1.82, 2.24) is 0 Å². The fourth-order valence-corrected chi connectivity index (χ4v) is 2.39. The van der Waals surface area contributed by atoms with Crippen LogP contribution in [0.4, 0.5) is 5.69 Å². The zero-order chi connectivity index (χ0) is 18.2. The standard InChI is InChI=1S/C18H17BrClN5/c19-13-6-4-12(5-7-13)10-18(23)25-17(22)9-8-16(21)24-15-3-1-2-14(20)11-15/h1-9,11H,10H2,(H2,21,24)(H3,22,23,25)/b9-8-. The van der Waals surface area contributed by atoms with Gasteiger partial charge in [-0.2, -0.15) is 0 Å². The summed E-state index contributed by atoms with van der Waals surface area (Å²) in [5.41, 5.74) is 13.3. The van der Waals surface area contributed by atoms with Crippen molar-refractivity contribution in [2.45, 2.75) is 6.42 Å². The smallest absolute Gasteiger partial charge is 0.146 e. The van der Waals surface area contributed by atoms with E-state index in [1.165, 1.54) is 12.2 Å². The van der Waals surface area contributed by atoms with Crippen LogP contribution in [0.5, 0.6) is 0 Å². The third-order valence-electron chi connectivity index (χ3n) is 3.04. The first-order valence-corrected chi connectivity index (χ1v) is 8.53. The van der Waals surface area contributed by atoms with Gasteiger partial charge in [-0.3, -0.25) is 5.41 Å². The maximum atomic E-state index is 7.83. The molecule has 25 heavy (non-hydrogen) atoms. The molecule has 0 aliphatic heterocycles. The molecule has 0 heterocycles. The lowest BCUT2D eigenvalue weighted by Gasteiger charge is -2.01. The normalized spacial score (nSPS) is 12.6. The molecule has 0 bridgehead atoms. The summed E-state index contributed by atoms with van der Waals surface area (Å²) in [6.45, 7) is 0. The average molecular weight is 419 g/mol. The lowest BCUT2D eigenvalue weighted by atomic mass is 10.1. The van der Waals surface area contributed by atoms with Crippen LogP contribution < -0.4 is 11.5 Å². The van der Waals surface area contributed by atoms with E-state index in [0.29, 0.717) is 23.0 Å². The van der Waals surface area contributed by atoms with Gasteiger partial charge < -0.3 is 11.5 Å². The number of nitrogens with one attached hydrogen (secondary N) is 1. The molecule has 0 spiro atoms. The first-order chi connectivity index (χ1) is 11.9. The number of halogens is 2. The molecule has 0 atom stereocenters. The average Bonchev–Trinajstić information content (AvgIpc) is 2.55. The highest BCUT2D eigenvalue weighted by Crippen LogP contribution is 2.17. The van der Waals surface area contributed by atoms with Crippen molar-refractivity contribution in [1.29, 1.82) is 5.41 Å². The van der Waals surface area contributed by atoms with Gasteiger partial charge in [0.25, 0.3) is 0 Å². The van der Waals surface area contributed by atoms with E-state index in [1.807, 2.05) is 24.3 Å².